The maximum Gasteiger partial charge on any atom is 0.416 e. The zero-order valence-electron chi connectivity index (χ0n) is 12.4. The van der Waals surface area contributed by atoms with Gasteiger partial charge in [-0.05, 0) is 24.6 Å². The molecule has 0 heterocycles. The van der Waals surface area contributed by atoms with Gasteiger partial charge in [-0.15, -0.1) is 0 Å². The molecule has 0 spiro atoms. The average Bonchev–Trinajstić information content (AvgIpc) is 2.42. The smallest absolute Gasteiger partial charge is 0.355 e. The molecule has 1 atom stereocenters. The zero-order chi connectivity index (χ0) is 16.0. The van der Waals surface area contributed by atoms with E-state index in [2.05, 4.69) is 10.6 Å². The van der Waals surface area contributed by atoms with Crippen LogP contribution in [0.3, 0.4) is 0 Å². The van der Waals surface area contributed by atoms with Crippen LogP contribution in [0, 0.1) is 5.92 Å². The fourth-order valence-corrected chi connectivity index (χ4v) is 1.78. The van der Waals surface area contributed by atoms with Crippen LogP contribution in [0.25, 0.3) is 0 Å². The Hall–Kier alpha value is -1.56. The molecule has 3 nitrogen and oxygen atoms in total. The van der Waals surface area contributed by atoms with Crippen molar-refractivity contribution in [2.24, 2.45) is 5.92 Å². The van der Waals surface area contributed by atoms with Gasteiger partial charge in [0.25, 0.3) is 0 Å². The second kappa shape index (κ2) is 7.45. The lowest BCUT2D eigenvalue weighted by atomic mass is 10.0. The molecule has 0 aliphatic carbocycles. The Morgan fingerprint density at radius 3 is 2.43 bits per heavy atom. The molecule has 1 aromatic carbocycles. The van der Waals surface area contributed by atoms with E-state index in [1.54, 1.807) is 26.8 Å². The Morgan fingerprint density at radius 2 is 1.86 bits per heavy atom. The third-order valence-corrected chi connectivity index (χ3v) is 3.11. The molecule has 0 aromatic heterocycles. The molecule has 0 aliphatic rings. The lowest BCUT2D eigenvalue weighted by Gasteiger charge is -2.16. The summed E-state index contributed by atoms with van der Waals surface area (Å²) in [6.07, 6.45) is -4.33. The maximum absolute atomic E-state index is 12.6. The van der Waals surface area contributed by atoms with E-state index < -0.39 is 11.7 Å². The van der Waals surface area contributed by atoms with Crippen LogP contribution >= 0.6 is 0 Å². The first-order chi connectivity index (χ1) is 9.71. The van der Waals surface area contributed by atoms with E-state index >= 15 is 0 Å². The number of hydrogen-bond donors (Lipinski definition) is 2. The van der Waals surface area contributed by atoms with Crippen LogP contribution in [0.1, 0.15) is 37.9 Å². The summed E-state index contributed by atoms with van der Waals surface area (Å²) in [5, 5.41) is 5.83. The summed E-state index contributed by atoms with van der Waals surface area (Å²) in [5.74, 6) is -0.116. The van der Waals surface area contributed by atoms with Gasteiger partial charge in [0.1, 0.15) is 0 Å². The molecule has 0 saturated carbocycles. The molecule has 0 radical (unpaired) electrons. The highest BCUT2D eigenvalue weighted by Gasteiger charge is 2.30. The standard InChI is InChI=1S/C15H21F3N2O/c1-10(2)14(21)20-8-7-19-11(3)12-5-4-6-13(9-12)15(16,17)18/h4-6,9-11,19H,7-8H2,1-3H3,(H,20,21). The van der Waals surface area contributed by atoms with Crippen molar-refractivity contribution < 1.29 is 18.0 Å². The molecule has 2 N–H and O–H groups in total. The quantitative estimate of drug-likeness (QED) is 0.793. The van der Waals surface area contributed by atoms with Gasteiger partial charge < -0.3 is 10.6 Å². The Kier molecular flexibility index (Phi) is 6.20. The fraction of sp³-hybridized carbons (Fsp3) is 0.533. The summed E-state index contributed by atoms with van der Waals surface area (Å²) < 4.78 is 37.9. The second-order valence-electron chi connectivity index (χ2n) is 5.24. The summed E-state index contributed by atoms with van der Waals surface area (Å²) in [5.41, 5.74) is -0.0817. The first-order valence-corrected chi connectivity index (χ1v) is 6.90. The molecule has 118 valence electrons. The summed E-state index contributed by atoms with van der Waals surface area (Å²) >= 11 is 0. The average molecular weight is 302 g/mol. The number of amides is 1. The minimum absolute atomic E-state index is 0.0384. The van der Waals surface area contributed by atoms with Crippen molar-refractivity contribution in [3.05, 3.63) is 35.4 Å². The molecule has 1 unspecified atom stereocenters. The fourth-order valence-electron chi connectivity index (χ4n) is 1.78. The lowest BCUT2D eigenvalue weighted by molar-refractivity contribution is -0.137. The molecule has 6 heteroatoms. The van der Waals surface area contributed by atoms with Crippen molar-refractivity contribution in [2.45, 2.75) is 33.0 Å². The Bertz CT molecular complexity index is 472. The number of halogens is 3. The van der Waals surface area contributed by atoms with Gasteiger partial charge in [-0.1, -0.05) is 26.0 Å². The van der Waals surface area contributed by atoms with Crippen LogP contribution in [0.15, 0.2) is 24.3 Å². The first-order valence-electron chi connectivity index (χ1n) is 6.90. The van der Waals surface area contributed by atoms with Gasteiger partial charge in [0.2, 0.25) is 5.91 Å². The number of carbonyl (C=O) groups excluding carboxylic acids is 1. The minimum Gasteiger partial charge on any atom is -0.355 e. The second-order valence-corrected chi connectivity index (χ2v) is 5.24. The van der Waals surface area contributed by atoms with Gasteiger partial charge >= 0.3 is 6.18 Å². The van der Waals surface area contributed by atoms with Crippen LogP contribution in [0.5, 0.6) is 0 Å². The van der Waals surface area contributed by atoms with E-state index in [0.717, 1.165) is 12.1 Å². The van der Waals surface area contributed by atoms with Crippen LogP contribution in [-0.4, -0.2) is 19.0 Å². The van der Waals surface area contributed by atoms with Gasteiger partial charge in [-0.3, -0.25) is 4.79 Å². The summed E-state index contributed by atoms with van der Waals surface area (Å²) in [7, 11) is 0. The molecule has 21 heavy (non-hydrogen) atoms. The van der Waals surface area contributed by atoms with Gasteiger partial charge in [-0.2, -0.15) is 13.2 Å². The Balaban J connectivity index is 2.49. The molecule has 0 fully saturated rings. The van der Waals surface area contributed by atoms with Crippen molar-refractivity contribution in [1.82, 2.24) is 10.6 Å². The molecular formula is C15H21F3N2O. The van der Waals surface area contributed by atoms with E-state index in [-0.39, 0.29) is 17.9 Å². The van der Waals surface area contributed by atoms with Crippen molar-refractivity contribution in [1.29, 1.82) is 0 Å². The van der Waals surface area contributed by atoms with Crippen molar-refractivity contribution in [3.8, 4) is 0 Å². The summed E-state index contributed by atoms with van der Waals surface area (Å²) in [6, 6.07) is 5.03. The third-order valence-electron chi connectivity index (χ3n) is 3.11. The van der Waals surface area contributed by atoms with Crippen molar-refractivity contribution in [2.75, 3.05) is 13.1 Å². The Labute approximate surface area is 122 Å². The molecule has 0 saturated heterocycles. The minimum atomic E-state index is -4.33. The first kappa shape index (κ1) is 17.5. The number of hydrogen-bond acceptors (Lipinski definition) is 2. The van der Waals surface area contributed by atoms with Gasteiger partial charge in [0, 0.05) is 25.0 Å². The topological polar surface area (TPSA) is 41.1 Å². The van der Waals surface area contributed by atoms with Crippen LogP contribution < -0.4 is 10.6 Å². The maximum atomic E-state index is 12.6. The molecule has 0 aliphatic heterocycles. The van der Waals surface area contributed by atoms with Crippen molar-refractivity contribution in [3.63, 3.8) is 0 Å². The van der Waals surface area contributed by atoms with Crippen LogP contribution in [-0.2, 0) is 11.0 Å². The number of carbonyl (C=O) groups is 1. The predicted molar refractivity (Wildman–Crippen MR) is 75.7 cm³/mol. The molecule has 1 aromatic rings. The van der Waals surface area contributed by atoms with Gasteiger partial charge in [0.15, 0.2) is 0 Å². The predicted octanol–water partition coefficient (Wildman–Crippen LogP) is 3.13. The van der Waals surface area contributed by atoms with Crippen LogP contribution in [0.4, 0.5) is 13.2 Å². The summed E-state index contributed by atoms with van der Waals surface area (Å²) in [4.78, 5) is 11.3. The van der Waals surface area contributed by atoms with E-state index in [4.69, 9.17) is 0 Å². The highest BCUT2D eigenvalue weighted by molar-refractivity contribution is 5.77. The monoisotopic (exact) mass is 302 g/mol. The lowest BCUT2D eigenvalue weighted by Crippen LogP contribution is -2.35. The van der Waals surface area contributed by atoms with Crippen molar-refractivity contribution >= 4 is 5.91 Å². The molecule has 1 rings (SSSR count). The summed E-state index contributed by atoms with van der Waals surface area (Å²) in [6.45, 7) is 6.33. The van der Waals surface area contributed by atoms with Gasteiger partial charge in [0.05, 0.1) is 5.56 Å². The third kappa shape index (κ3) is 5.75. The SMILES string of the molecule is CC(C)C(=O)NCCNC(C)c1cccc(C(F)(F)F)c1. The zero-order valence-corrected chi connectivity index (χ0v) is 12.4. The molecule has 1 amide bonds. The van der Waals surface area contributed by atoms with E-state index in [9.17, 15) is 18.0 Å². The van der Waals surface area contributed by atoms with Gasteiger partial charge in [-0.25, -0.2) is 0 Å². The van der Waals surface area contributed by atoms with E-state index in [0.29, 0.717) is 18.7 Å². The van der Waals surface area contributed by atoms with Crippen LogP contribution in [0.2, 0.25) is 0 Å². The number of rotatable bonds is 6. The number of benzene rings is 1. The number of alkyl halides is 3. The van der Waals surface area contributed by atoms with E-state index in [1.165, 1.54) is 6.07 Å². The molecular weight excluding hydrogens is 281 g/mol. The normalized spacial score (nSPS) is 13.3. The number of nitrogens with one attached hydrogen (secondary N) is 2. The molecule has 0 bridgehead atoms. The highest BCUT2D eigenvalue weighted by Crippen LogP contribution is 2.30. The largest absolute Gasteiger partial charge is 0.416 e. The Morgan fingerprint density at radius 1 is 1.19 bits per heavy atom. The van der Waals surface area contributed by atoms with E-state index in [1.807, 2.05) is 0 Å². The highest BCUT2D eigenvalue weighted by atomic mass is 19.4.